The minimum absolute atomic E-state index is 0. The molecular weight excluding hydrogens is 326 g/mol. The number of rotatable bonds is 6. The fourth-order valence-electron chi connectivity index (χ4n) is 2.87. The Bertz CT molecular complexity index is 429. The van der Waals surface area contributed by atoms with Crippen LogP contribution < -0.4 is 5.32 Å². The standard InChI is InChI=1S/C16H25FN2O.2ClH/c1-2-3-4-5-15(19-10-8-18-9-11-19)13-6-7-16(20)14(17)12-13;;/h6-7,12,15,18,20H,2-5,8-11H2,1H3;2*1H/t15-;;/m0../s1. The van der Waals surface area contributed by atoms with E-state index >= 15 is 0 Å². The molecule has 0 spiro atoms. The van der Waals surface area contributed by atoms with Crippen LogP contribution in [0.2, 0.25) is 0 Å². The smallest absolute Gasteiger partial charge is 0.165 e. The lowest BCUT2D eigenvalue weighted by molar-refractivity contribution is 0.162. The highest BCUT2D eigenvalue weighted by molar-refractivity contribution is 5.85. The van der Waals surface area contributed by atoms with Gasteiger partial charge in [0.25, 0.3) is 0 Å². The third-order valence-corrected chi connectivity index (χ3v) is 4.03. The van der Waals surface area contributed by atoms with Crippen LogP contribution in [0.5, 0.6) is 5.75 Å². The van der Waals surface area contributed by atoms with Crippen LogP contribution in [0.25, 0.3) is 0 Å². The summed E-state index contributed by atoms with van der Waals surface area (Å²) in [6.07, 6.45) is 4.62. The minimum Gasteiger partial charge on any atom is -0.505 e. The maximum Gasteiger partial charge on any atom is 0.165 e. The third-order valence-electron chi connectivity index (χ3n) is 4.03. The highest BCUT2D eigenvalue weighted by Gasteiger charge is 2.22. The van der Waals surface area contributed by atoms with E-state index in [9.17, 15) is 9.50 Å². The van der Waals surface area contributed by atoms with E-state index in [1.54, 1.807) is 0 Å². The van der Waals surface area contributed by atoms with Gasteiger partial charge in [-0.15, -0.1) is 24.8 Å². The number of phenolic OH excluding ortho intramolecular Hbond substituents is 1. The average molecular weight is 353 g/mol. The molecule has 1 saturated heterocycles. The van der Waals surface area contributed by atoms with Gasteiger partial charge in [0.05, 0.1) is 0 Å². The Morgan fingerprint density at radius 2 is 1.91 bits per heavy atom. The van der Waals surface area contributed by atoms with Crippen molar-refractivity contribution in [2.45, 2.75) is 38.6 Å². The van der Waals surface area contributed by atoms with Crippen molar-refractivity contribution < 1.29 is 9.50 Å². The summed E-state index contributed by atoms with van der Waals surface area (Å²) in [5.41, 5.74) is 0.985. The molecule has 0 radical (unpaired) electrons. The maximum atomic E-state index is 13.6. The van der Waals surface area contributed by atoms with Crippen molar-refractivity contribution in [3.8, 4) is 5.75 Å². The van der Waals surface area contributed by atoms with Crippen LogP contribution in [0.15, 0.2) is 18.2 Å². The quantitative estimate of drug-likeness (QED) is 0.762. The van der Waals surface area contributed by atoms with Gasteiger partial charge in [0.2, 0.25) is 0 Å². The first-order valence-corrected chi connectivity index (χ1v) is 7.65. The van der Waals surface area contributed by atoms with Crippen molar-refractivity contribution in [1.29, 1.82) is 0 Å². The average Bonchev–Trinajstić information content (AvgIpc) is 2.48. The van der Waals surface area contributed by atoms with E-state index in [2.05, 4.69) is 17.1 Å². The Balaban J connectivity index is 0.00000220. The molecule has 0 aliphatic carbocycles. The zero-order chi connectivity index (χ0) is 14.4. The molecule has 0 amide bonds. The fourth-order valence-corrected chi connectivity index (χ4v) is 2.87. The van der Waals surface area contributed by atoms with Crippen LogP contribution in [0.3, 0.4) is 0 Å². The highest BCUT2D eigenvalue weighted by atomic mass is 35.5. The molecule has 1 fully saturated rings. The molecule has 1 heterocycles. The molecule has 22 heavy (non-hydrogen) atoms. The van der Waals surface area contributed by atoms with Crippen molar-refractivity contribution in [3.05, 3.63) is 29.6 Å². The van der Waals surface area contributed by atoms with E-state index in [1.807, 2.05) is 6.07 Å². The number of phenols is 1. The summed E-state index contributed by atoms with van der Waals surface area (Å²) >= 11 is 0. The van der Waals surface area contributed by atoms with Crippen LogP contribution in [-0.4, -0.2) is 36.2 Å². The van der Waals surface area contributed by atoms with E-state index in [4.69, 9.17) is 0 Å². The molecule has 128 valence electrons. The van der Waals surface area contributed by atoms with Crippen LogP contribution >= 0.6 is 24.8 Å². The van der Waals surface area contributed by atoms with Crippen molar-refractivity contribution in [3.63, 3.8) is 0 Å². The zero-order valence-electron chi connectivity index (χ0n) is 13.1. The van der Waals surface area contributed by atoms with E-state index in [0.717, 1.165) is 44.6 Å². The van der Waals surface area contributed by atoms with E-state index < -0.39 is 5.82 Å². The van der Waals surface area contributed by atoms with Crippen molar-refractivity contribution in [2.75, 3.05) is 26.2 Å². The van der Waals surface area contributed by atoms with E-state index in [1.165, 1.54) is 25.0 Å². The van der Waals surface area contributed by atoms with Gasteiger partial charge < -0.3 is 10.4 Å². The molecule has 0 unspecified atom stereocenters. The molecule has 1 aromatic carbocycles. The largest absolute Gasteiger partial charge is 0.505 e. The van der Waals surface area contributed by atoms with Gasteiger partial charge in [-0.3, -0.25) is 4.90 Å². The van der Waals surface area contributed by atoms with Crippen LogP contribution in [0.4, 0.5) is 4.39 Å². The molecule has 1 atom stereocenters. The predicted octanol–water partition coefficient (Wildman–Crippen LogP) is 3.90. The second-order valence-corrected chi connectivity index (χ2v) is 5.51. The Labute approximate surface area is 145 Å². The number of hydrogen-bond acceptors (Lipinski definition) is 3. The number of nitrogens with one attached hydrogen (secondary N) is 1. The first kappa shape index (κ1) is 21.4. The minimum atomic E-state index is -0.516. The SMILES string of the molecule is CCCCC[C@@H](c1ccc(O)c(F)c1)N1CCNCC1.Cl.Cl. The monoisotopic (exact) mass is 352 g/mol. The second-order valence-electron chi connectivity index (χ2n) is 5.51. The van der Waals surface area contributed by atoms with Gasteiger partial charge in [0, 0.05) is 32.2 Å². The molecule has 0 saturated carbocycles. The number of nitrogens with zero attached hydrogens (tertiary/aromatic N) is 1. The molecule has 0 aromatic heterocycles. The van der Waals surface area contributed by atoms with Gasteiger partial charge in [-0.1, -0.05) is 32.3 Å². The molecule has 3 nitrogen and oxygen atoms in total. The summed E-state index contributed by atoms with van der Waals surface area (Å²) in [5.74, 6) is -0.778. The first-order valence-electron chi connectivity index (χ1n) is 7.65. The number of unbranched alkanes of at least 4 members (excludes halogenated alkanes) is 2. The van der Waals surface area contributed by atoms with Crippen molar-refractivity contribution in [1.82, 2.24) is 10.2 Å². The number of aromatic hydroxyl groups is 1. The Morgan fingerprint density at radius 3 is 2.50 bits per heavy atom. The number of piperazine rings is 1. The zero-order valence-corrected chi connectivity index (χ0v) is 14.7. The normalized spacial score (nSPS) is 16.5. The Kier molecular flexibility index (Phi) is 10.8. The summed E-state index contributed by atoms with van der Waals surface area (Å²) in [7, 11) is 0. The van der Waals surface area contributed by atoms with E-state index in [0.29, 0.717) is 0 Å². The lowest BCUT2D eigenvalue weighted by Crippen LogP contribution is -2.45. The summed E-state index contributed by atoms with van der Waals surface area (Å²) < 4.78 is 13.6. The molecule has 2 N–H and O–H groups in total. The van der Waals surface area contributed by atoms with Crippen LogP contribution in [-0.2, 0) is 0 Å². The highest BCUT2D eigenvalue weighted by Crippen LogP contribution is 2.29. The molecule has 1 aliphatic rings. The topological polar surface area (TPSA) is 35.5 Å². The number of halogens is 3. The van der Waals surface area contributed by atoms with Crippen molar-refractivity contribution in [2.24, 2.45) is 0 Å². The lowest BCUT2D eigenvalue weighted by Gasteiger charge is -2.35. The molecule has 6 heteroatoms. The first-order chi connectivity index (χ1) is 9.72. The van der Waals surface area contributed by atoms with E-state index in [-0.39, 0.29) is 36.6 Å². The second kappa shape index (κ2) is 11.1. The summed E-state index contributed by atoms with van der Waals surface area (Å²) in [6.45, 7) is 6.17. The van der Waals surface area contributed by atoms with Crippen LogP contribution in [0.1, 0.15) is 44.2 Å². The van der Waals surface area contributed by atoms with Crippen molar-refractivity contribution >= 4 is 24.8 Å². The van der Waals surface area contributed by atoms with Gasteiger partial charge in [-0.25, -0.2) is 4.39 Å². The number of hydrogen-bond donors (Lipinski definition) is 2. The van der Waals surface area contributed by atoms with Gasteiger partial charge >= 0.3 is 0 Å². The Hall–Kier alpha value is -0.550. The third kappa shape index (κ3) is 5.92. The number of benzene rings is 1. The van der Waals surface area contributed by atoms with Gasteiger partial charge in [-0.2, -0.15) is 0 Å². The maximum absolute atomic E-state index is 13.6. The lowest BCUT2D eigenvalue weighted by atomic mass is 9.98. The van der Waals surface area contributed by atoms with Gasteiger partial charge in [-0.05, 0) is 24.1 Å². The Morgan fingerprint density at radius 1 is 1.23 bits per heavy atom. The van der Waals surface area contributed by atoms with Crippen LogP contribution in [0, 0.1) is 5.82 Å². The molecule has 1 aromatic rings. The predicted molar refractivity (Wildman–Crippen MR) is 93.9 cm³/mol. The fraction of sp³-hybridized carbons (Fsp3) is 0.625. The molecule has 1 aliphatic heterocycles. The molecule has 0 bridgehead atoms. The van der Waals surface area contributed by atoms with Gasteiger partial charge in [0.15, 0.2) is 11.6 Å². The molecule has 2 rings (SSSR count). The molecular formula is C16H27Cl2FN2O. The van der Waals surface area contributed by atoms with Gasteiger partial charge in [0.1, 0.15) is 0 Å². The summed E-state index contributed by atoms with van der Waals surface area (Å²) in [4.78, 5) is 2.43. The summed E-state index contributed by atoms with van der Waals surface area (Å²) in [5, 5.41) is 12.7. The summed E-state index contributed by atoms with van der Waals surface area (Å²) in [6, 6.07) is 5.09.